The van der Waals surface area contributed by atoms with Crippen LogP contribution in [0.25, 0.3) is 0 Å². The molecule has 8 nitrogen and oxygen atoms in total. The van der Waals surface area contributed by atoms with Crippen LogP contribution in [0.5, 0.6) is 5.75 Å². The second-order valence-corrected chi connectivity index (χ2v) is 4.47. The molecule has 0 aromatic heterocycles. The van der Waals surface area contributed by atoms with Crippen molar-refractivity contribution in [2.45, 2.75) is 25.6 Å². The number of ether oxygens (including phenoxy) is 1. The average molecular weight is 298 g/mol. The number of hydrogen-bond donors (Lipinski definition) is 3. The topological polar surface area (TPSA) is 122 Å². The number of rotatable bonds is 7. The van der Waals surface area contributed by atoms with Gasteiger partial charge in [-0.2, -0.15) is 0 Å². The molecule has 1 aromatic carbocycles. The smallest absolute Gasteiger partial charge is 0.311 e. The molecule has 21 heavy (non-hydrogen) atoms. The van der Waals surface area contributed by atoms with Crippen molar-refractivity contribution >= 4 is 11.6 Å². The van der Waals surface area contributed by atoms with E-state index in [0.29, 0.717) is 0 Å². The fourth-order valence-corrected chi connectivity index (χ4v) is 1.81. The van der Waals surface area contributed by atoms with E-state index in [0.717, 1.165) is 6.07 Å². The molecular formula is C13H18N2O6. The van der Waals surface area contributed by atoms with Gasteiger partial charge in [0.25, 0.3) is 0 Å². The Morgan fingerprint density at radius 3 is 2.67 bits per heavy atom. The van der Waals surface area contributed by atoms with Gasteiger partial charge in [0.2, 0.25) is 5.91 Å². The molecule has 8 heteroatoms. The van der Waals surface area contributed by atoms with Gasteiger partial charge in [0.05, 0.1) is 18.1 Å². The number of benzene rings is 1. The van der Waals surface area contributed by atoms with Crippen LogP contribution in [0.2, 0.25) is 0 Å². The molecule has 2 unspecified atom stereocenters. The van der Waals surface area contributed by atoms with Crippen LogP contribution in [0, 0.1) is 10.1 Å². The van der Waals surface area contributed by atoms with Crippen LogP contribution in [-0.4, -0.2) is 40.8 Å². The zero-order valence-corrected chi connectivity index (χ0v) is 11.8. The molecule has 1 rings (SSSR count). The van der Waals surface area contributed by atoms with Gasteiger partial charge in [-0.05, 0) is 18.1 Å². The van der Waals surface area contributed by atoms with E-state index in [2.05, 4.69) is 5.32 Å². The third-order valence-corrected chi connectivity index (χ3v) is 2.92. The summed E-state index contributed by atoms with van der Waals surface area (Å²) < 4.78 is 4.86. The maximum atomic E-state index is 10.9. The first-order valence-corrected chi connectivity index (χ1v) is 6.29. The number of aliphatic hydroxyl groups is 2. The second-order valence-electron chi connectivity index (χ2n) is 4.47. The number of aliphatic hydroxyl groups excluding tert-OH is 2. The van der Waals surface area contributed by atoms with Crippen LogP contribution in [0.15, 0.2) is 18.2 Å². The number of amides is 1. The molecule has 0 spiro atoms. The van der Waals surface area contributed by atoms with E-state index in [1.54, 1.807) is 0 Å². The number of nitrogens with one attached hydrogen (secondary N) is 1. The van der Waals surface area contributed by atoms with Gasteiger partial charge >= 0.3 is 5.69 Å². The first kappa shape index (κ1) is 16.9. The van der Waals surface area contributed by atoms with Crippen LogP contribution in [0.4, 0.5) is 5.69 Å². The summed E-state index contributed by atoms with van der Waals surface area (Å²) in [4.78, 5) is 21.0. The summed E-state index contributed by atoms with van der Waals surface area (Å²) in [5.74, 6) is -0.166. The van der Waals surface area contributed by atoms with Gasteiger partial charge in [-0.1, -0.05) is 6.07 Å². The summed E-state index contributed by atoms with van der Waals surface area (Å²) in [6.07, 6.45) is -2.31. The summed E-state index contributed by atoms with van der Waals surface area (Å²) in [6, 6.07) is 3.96. The van der Waals surface area contributed by atoms with Gasteiger partial charge in [0, 0.05) is 19.5 Å². The summed E-state index contributed by atoms with van der Waals surface area (Å²) in [5, 5.41) is 33.2. The van der Waals surface area contributed by atoms with Crippen molar-refractivity contribution in [2.24, 2.45) is 0 Å². The average Bonchev–Trinajstić information content (AvgIpc) is 2.45. The van der Waals surface area contributed by atoms with Crippen molar-refractivity contribution in [3.05, 3.63) is 33.9 Å². The van der Waals surface area contributed by atoms with Gasteiger partial charge in [-0.3, -0.25) is 14.9 Å². The maximum Gasteiger partial charge on any atom is 0.311 e. The van der Waals surface area contributed by atoms with Crippen molar-refractivity contribution in [1.29, 1.82) is 0 Å². The normalized spacial score (nSPS) is 13.3. The van der Waals surface area contributed by atoms with Gasteiger partial charge in [0.1, 0.15) is 6.10 Å². The predicted molar refractivity (Wildman–Crippen MR) is 73.9 cm³/mol. The predicted octanol–water partition coefficient (Wildman–Crippen LogP) is 0.524. The molecule has 0 aliphatic rings. The second kappa shape index (κ2) is 7.55. The molecule has 0 aliphatic carbocycles. The number of nitro benzene ring substituents is 1. The fraction of sp³-hybridized carbons (Fsp3) is 0.462. The maximum absolute atomic E-state index is 10.9. The van der Waals surface area contributed by atoms with E-state index in [9.17, 15) is 25.1 Å². The van der Waals surface area contributed by atoms with Crippen molar-refractivity contribution in [3.63, 3.8) is 0 Å². The van der Waals surface area contributed by atoms with Crippen molar-refractivity contribution in [2.75, 3.05) is 13.7 Å². The Morgan fingerprint density at radius 2 is 2.14 bits per heavy atom. The monoisotopic (exact) mass is 298 g/mol. The highest BCUT2D eigenvalue weighted by molar-refractivity contribution is 5.72. The van der Waals surface area contributed by atoms with Crippen LogP contribution >= 0.6 is 0 Å². The van der Waals surface area contributed by atoms with Crippen LogP contribution in [0.1, 0.15) is 25.0 Å². The Bertz CT molecular complexity index is 519. The molecule has 0 saturated heterocycles. The molecule has 1 amide bonds. The number of nitrogens with zero attached hydrogens (tertiary/aromatic N) is 1. The molecule has 116 valence electrons. The van der Waals surface area contributed by atoms with Gasteiger partial charge < -0.3 is 20.3 Å². The number of methoxy groups -OCH3 is 1. The van der Waals surface area contributed by atoms with Crippen molar-refractivity contribution in [1.82, 2.24) is 5.32 Å². The largest absolute Gasteiger partial charge is 0.490 e. The first-order chi connectivity index (χ1) is 9.86. The summed E-state index contributed by atoms with van der Waals surface area (Å²) in [6.45, 7) is 1.54. The Balaban J connectivity index is 2.81. The van der Waals surface area contributed by atoms with Crippen LogP contribution in [-0.2, 0) is 4.79 Å². The molecular weight excluding hydrogens is 280 g/mol. The third kappa shape index (κ3) is 4.69. The molecule has 0 bridgehead atoms. The number of carbonyl (C=O) groups is 1. The van der Waals surface area contributed by atoms with Crippen LogP contribution in [0.3, 0.4) is 0 Å². The molecule has 1 aromatic rings. The molecule has 0 saturated carbocycles. The highest BCUT2D eigenvalue weighted by Crippen LogP contribution is 2.31. The lowest BCUT2D eigenvalue weighted by Crippen LogP contribution is -2.27. The Hall–Kier alpha value is -2.19. The molecule has 3 N–H and O–H groups in total. The molecule has 0 fully saturated rings. The molecule has 0 heterocycles. The summed E-state index contributed by atoms with van der Waals surface area (Å²) in [5.41, 5.74) is -0.0825. The van der Waals surface area contributed by atoms with Crippen molar-refractivity contribution < 1.29 is 24.7 Å². The van der Waals surface area contributed by atoms with Gasteiger partial charge in [-0.15, -0.1) is 0 Å². The molecule has 0 radical (unpaired) electrons. The number of nitro groups is 1. The zero-order valence-electron chi connectivity index (χ0n) is 11.8. The van der Waals surface area contributed by atoms with Gasteiger partial charge in [0.15, 0.2) is 5.75 Å². The van der Waals surface area contributed by atoms with E-state index >= 15 is 0 Å². The Labute approximate surface area is 121 Å². The highest BCUT2D eigenvalue weighted by Gasteiger charge is 2.23. The quantitative estimate of drug-likeness (QED) is 0.498. The molecule has 0 aliphatic heterocycles. The highest BCUT2D eigenvalue weighted by atomic mass is 16.6. The van der Waals surface area contributed by atoms with Crippen LogP contribution < -0.4 is 10.1 Å². The molecule has 2 atom stereocenters. The fourth-order valence-electron chi connectivity index (χ4n) is 1.81. The SMILES string of the molecule is COc1ccc(C(O)C(O)CCNC(C)=O)cc1[N+](=O)[O-]. The summed E-state index contributed by atoms with van der Waals surface area (Å²) >= 11 is 0. The standard InChI is InChI=1S/C13H18N2O6/c1-8(16)14-6-5-11(17)13(18)9-3-4-12(21-2)10(7-9)15(19)20/h3-4,7,11,13,17-18H,5-6H2,1-2H3,(H,14,16). The lowest BCUT2D eigenvalue weighted by molar-refractivity contribution is -0.385. The lowest BCUT2D eigenvalue weighted by Gasteiger charge is -2.18. The van der Waals surface area contributed by atoms with Crippen molar-refractivity contribution in [3.8, 4) is 5.75 Å². The van der Waals surface area contributed by atoms with E-state index in [1.807, 2.05) is 0 Å². The van der Waals surface area contributed by atoms with E-state index in [-0.39, 0.29) is 35.9 Å². The minimum atomic E-state index is -1.29. The Kier molecular flexibility index (Phi) is 6.07. The lowest BCUT2D eigenvalue weighted by atomic mass is 10.0. The summed E-state index contributed by atoms with van der Waals surface area (Å²) in [7, 11) is 1.31. The number of hydrogen-bond acceptors (Lipinski definition) is 6. The minimum absolute atomic E-state index is 0.0729. The third-order valence-electron chi connectivity index (χ3n) is 2.92. The minimum Gasteiger partial charge on any atom is -0.490 e. The first-order valence-electron chi connectivity index (χ1n) is 6.29. The van der Waals surface area contributed by atoms with E-state index in [4.69, 9.17) is 4.74 Å². The van der Waals surface area contributed by atoms with Gasteiger partial charge in [-0.25, -0.2) is 0 Å². The Morgan fingerprint density at radius 1 is 1.48 bits per heavy atom. The van der Waals surface area contributed by atoms with E-state index < -0.39 is 17.1 Å². The number of carbonyl (C=O) groups excluding carboxylic acids is 1. The zero-order chi connectivity index (χ0) is 16.0. The van der Waals surface area contributed by atoms with E-state index in [1.165, 1.54) is 26.2 Å².